The Kier molecular flexibility index (Phi) is 5.54. The number of benzene rings is 2. The van der Waals surface area contributed by atoms with Crippen LogP contribution in [0.4, 0.5) is 11.5 Å². The number of pyridine rings is 1. The highest BCUT2D eigenvalue weighted by atomic mass is 16.4. The van der Waals surface area contributed by atoms with Crippen LogP contribution in [0.5, 0.6) is 0 Å². The van der Waals surface area contributed by atoms with E-state index in [4.69, 9.17) is 5.10 Å². The second kappa shape index (κ2) is 8.44. The van der Waals surface area contributed by atoms with Crippen molar-refractivity contribution in [2.75, 3.05) is 5.32 Å². The van der Waals surface area contributed by atoms with Gasteiger partial charge < -0.3 is 10.4 Å². The van der Waals surface area contributed by atoms with Gasteiger partial charge >= 0.3 is 5.97 Å². The Morgan fingerprint density at radius 2 is 1.87 bits per heavy atom. The van der Waals surface area contributed by atoms with E-state index >= 15 is 0 Å². The third kappa shape index (κ3) is 4.19. The topological polar surface area (TPSA) is 80.0 Å². The van der Waals surface area contributed by atoms with Crippen molar-refractivity contribution in [3.05, 3.63) is 89.2 Å². The van der Waals surface area contributed by atoms with E-state index in [1.54, 1.807) is 18.2 Å². The Bertz CT molecular complexity index is 1260. The predicted molar refractivity (Wildman–Crippen MR) is 122 cm³/mol. The lowest BCUT2D eigenvalue weighted by Crippen LogP contribution is -2.08. The molecule has 0 aliphatic rings. The number of aromatic nitrogens is 3. The van der Waals surface area contributed by atoms with Gasteiger partial charge in [0.2, 0.25) is 0 Å². The second-order valence-corrected chi connectivity index (χ2v) is 7.47. The normalized spacial score (nSPS) is 10.8. The number of nitrogens with one attached hydrogen (secondary N) is 1. The van der Waals surface area contributed by atoms with Crippen LogP contribution in [0.25, 0.3) is 16.9 Å². The lowest BCUT2D eigenvalue weighted by atomic mass is 10.1. The fourth-order valence-electron chi connectivity index (χ4n) is 3.50. The van der Waals surface area contributed by atoms with Crippen molar-refractivity contribution in [2.24, 2.45) is 0 Å². The van der Waals surface area contributed by atoms with Gasteiger partial charge in [-0.25, -0.2) is 9.48 Å². The van der Waals surface area contributed by atoms with E-state index in [1.807, 2.05) is 55.1 Å². The number of anilines is 2. The molecule has 0 saturated carbocycles. The minimum Gasteiger partial charge on any atom is -0.478 e. The van der Waals surface area contributed by atoms with Crippen LogP contribution in [0.3, 0.4) is 0 Å². The molecule has 6 nitrogen and oxygen atoms in total. The molecule has 2 N–H and O–H groups in total. The quantitative estimate of drug-likeness (QED) is 0.434. The number of hydrogen-bond donors (Lipinski definition) is 2. The van der Waals surface area contributed by atoms with Crippen LogP contribution in [-0.4, -0.2) is 25.8 Å². The predicted octanol–water partition coefficient (Wildman–Crippen LogP) is 5.56. The first kappa shape index (κ1) is 20.3. The Morgan fingerprint density at radius 1 is 1.06 bits per heavy atom. The highest BCUT2D eigenvalue weighted by Gasteiger charge is 2.16. The first-order chi connectivity index (χ1) is 15.0. The van der Waals surface area contributed by atoms with Crippen molar-refractivity contribution in [1.82, 2.24) is 14.8 Å². The standard InChI is InChI=1S/C25H24N4O2/c1-4-18-8-7-9-19(13-18)22-14-24(27-21-11-6-5-10-20(21)25(30)31)29(28-22)23-12-17(3)26-15-16(23)2/h5-15,27H,4H2,1-3H3,(H,30,31). The van der Waals surface area contributed by atoms with E-state index in [0.717, 1.165) is 34.6 Å². The van der Waals surface area contributed by atoms with Gasteiger partial charge in [0.05, 0.1) is 22.6 Å². The maximum atomic E-state index is 11.7. The Morgan fingerprint density at radius 3 is 2.65 bits per heavy atom. The van der Waals surface area contributed by atoms with Gasteiger partial charge in [-0.1, -0.05) is 37.3 Å². The number of nitrogens with zero attached hydrogens (tertiary/aromatic N) is 3. The molecule has 0 aliphatic carbocycles. The lowest BCUT2D eigenvalue weighted by Gasteiger charge is -2.13. The number of carboxylic acid groups (broad SMARTS) is 1. The number of carboxylic acids is 1. The number of aromatic carboxylic acids is 1. The average Bonchev–Trinajstić information content (AvgIpc) is 3.19. The largest absolute Gasteiger partial charge is 0.478 e. The molecule has 0 radical (unpaired) electrons. The van der Waals surface area contributed by atoms with Crippen LogP contribution in [-0.2, 0) is 6.42 Å². The van der Waals surface area contributed by atoms with Crippen molar-refractivity contribution < 1.29 is 9.90 Å². The zero-order chi connectivity index (χ0) is 22.0. The maximum Gasteiger partial charge on any atom is 0.337 e. The minimum absolute atomic E-state index is 0.201. The molecule has 4 rings (SSSR count). The molecule has 2 aromatic heterocycles. The molecule has 0 atom stereocenters. The monoisotopic (exact) mass is 412 g/mol. The van der Waals surface area contributed by atoms with Gasteiger partial charge in [-0.2, -0.15) is 5.10 Å². The van der Waals surface area contributed by atoms with Gasteiger partial charge in [0.15, 0.2) is 0 Å². The summed E-state index contributed by atoms with van der Waals surface area (Å²) in [4.78, 5) is 16.1. The van der Waals surface area contributed by atoms with Gasteiger partial charge in [0, 0.05) is 23.5 Å². The summed E-state index contributed by atoms with van der Waals surface area (Å²) < 4.78 is 1.82. The molecule has 0 spiro atoms. The summed E-state index contributed by atoms with van der Waals surface area (Å²) in [5, 5.41) is 17.7. The summed E-state index contributed by atoms with van der Waals surface area (Å²) >= 11 is 0. The summed E-state index contributed by atoms with van der Waals surface area (Å²) in [6.45, 7) is 6.04. The van der Waals surface area contributed by atoms with Crippen molar-refractivity contribution in [3.63, 3.8) is 0 Å². The Labute approximate surface area is 181 Å². The molecule has 0 bridgehead atoms. The van der Waals surface area contributed by atoms with Crippen LogP contribution in [0.15, 0.2) is 66.9 Å². The summed E-state index contributed by atoms with van der Waals surface area (Å²) in [5.74, 6) is -0.305. The van der Waals surface area contributed by atoms with Crippen molar-refractivity contribution in [3.8, 4) is 16.9 Å². The molecule has 0 aliphatic heterocycles. The molecule has 0 unspecified atom stereocenters. The zero-order valence-corrected chi connectivity index (χ0v) is 17.8. The molecule has 2 heterocycles. The van der Waals surface area contributed by atoms with Gasteiger partial charge in [-0.3, -0.25) is 4.98 Å². The number of para-hydroxylation sites is 1. The molecular weight excluding hydrogens is 388 g/mol. The highest BCUT2D eigenvalue weighted by Crippen LogP contribution is 2.30. The van der Waals surface area contributed by atoms with E-state index < -0.39 is 5.97 Å². The molecule has 0 amide bonds. The minimum atomic E-state index is -0.985. The van der Waals surface area contributed by atoms with Crippen molar-refractivity contribution in [2.45, 2.75) is 27.2 Å². The molecule has 2 aromatic carbocycles. The second-order valence-electron chi connectivity index (χ2n) is 7.47. The lowest BCUT2D eigenvalue weighted by molar-refractivity contribution is 0.0698. The van der Waals surface area contributed by atoms with Crippen LogP contribution in [0.1, 0.15) is 34.1 Å². The van der Waals surface area contributed by atoms with Crippen LogP contribution < -0.4 is 5.32 Å². The van der Waals surface area contributed by atoms with Gasteiger partial charge in [-0.15, -0.1) is 0 Å². The fourth-order valence-corrected chi connectivity index (χ4v) is 3.50. The number of hydrogen-bond acceptors (Lipinski definition) is 4. The molecule has 0 fully saturated rings. The Balaban J connectivity index is 1.87. The highest BCUT2D eigenvalue weighted by molar-refractivity contribution is 5.95. The summed E-state index contributed by atoms with van der Waals surface area (Å²) in [6, 6.07) is 19.1. The third-order valence-corrected chi connectivity index (χ3v) is 5.20. The van der Waals surface area contributed by atoms with Gasteiger partial charge in [0.1, 0.15) is 5.82 Å². The smallest absolute Gasteiger partial charge is 0.337 e. The number of carbonyl (C=O) groups is 1. The van der Waals surface area contributed by atoms with Crippen LogP contribution in [0, 0.1) is 13.8 Å². The molecule has 0 saturated heterocycles. The van der Waals surface area contributed by atoms with E-state index in [2.05, 4.69) is 29.4 Å². The van der Waals surface area contributed by atoms with Gasteiger partial charge in [0.25, 0.3) is 0 Å². The van der Waals surface area contributed by atoms with Crippen molar-refractivity contribution in [1.29, 1.82) is 0 Å². The summed E-state index contributed by atoms with van der Waals surface area (Å²) in [7, 11) is 0. The first-order valence-electron chi connectivity index (χ1n) is 10.2. The molecule has 6 heteroatoms. The van der Waals surface area contributed by atoms with E-state index in [9.17, 15) is 9.90 Å². The molecule has 156 valence electrons. The molecular formula is C25H24N4O2. The molecule has 31 heavy (non-hydrogen) atoms. The first-order valence-corrected chi connectivity index (χ1v) is 10.2. The average molecular weight is 412 g/mol. The zero-order valence-electron chi connectivity index (χ0n) is 17.8. The third-order valence-electron chi connectivity index (χ3n) is 5.20. The SMILES string of the molecule is CCc1cccc(-c2cc(Nc3ccccc3C(=O)O)n(-c3cc(C)ncc3C)n2)c1. The summed E-state index contributed by atoms with van der Waals surface area (Å²) in [5.41, 5.74) is 6.49. The van der Waals surface area contributed by atoms with Crippen molar-refractivity contribution >= 4 is 17.5 Å². The fraction of sp³-hybridized carbons (Fsp3) is 0.160. The summed E-state index contributed by atoms with van der Waals surface area (Å²) in [6.07, 6.45) is 2.76. The van der Waals surface area contributed by atoms with Gasteiger partial charge in [-0.05, 0) is 55.7 Å². The van der Waals surface area contributed by atoms with E-state index in [1.165, 1.54) is 5.56 Å². The van der Waals surface area contributed by atoms with E-state index in [0.29, 0.717) is 11.5 Å². The number of aryl methyl sites for hydroxylation is 3. The number of rotatable bonds is 6. The maximum absolute atomic E-state index is 11.7. The molecule has 4 aromatic rings. The van der Waals surface area contributed by atoms with Crippen LogP contribution >= 0.6 is 0 Å². The Hall–Kier alpha value is -3.93. The van der Waals surface area contributed by atoms with Crippen LogP contribution in [0.2, 0.25) is 0 Å². The van der Waals surface area contributed by atoms with E-state index in [-0.39, 0.29) is 5.56 Å².